The first-order valence-electron chi connectivity index (χ1n) is 21.0. The first-order chi connectivity index (χ1) is 29.8. The standard InChI is InChI=1S/C46H54N8O7.Po/c1-8-30-24(2)36-21-35-42(28(6)56)26(4)33(51-35)19-37-25(3)31(13-14-40(58)49-17-11-16-48-39-12-9-10-15-47-39)45-32(18-41(59)61-7)44-43(46(60)50-22-29(57)23-55)27(5)34(52-44)20-38(30)53(36)54(37)45;/h9-10,12,15,19-21,29,55,57H,8,11,13-14,16-18,22-23H2,1-7H3,(H5,47,48,49,50,51,52,56,58,60);/q;+2/p-2. The van der Waals surface area contributed by atoms with E-state index in [-0.39, 0.29) is 31.1 Å². The van der Waals surface area contributed by atoms with Crippen molar-refractivity contribution in [1.82, 2.24) is 29.6 Å². The summed E-state index contributed by atoms with van der Waals surface area (Å²) in [5, 5.41) is 29.2. The molecule has 0 aliphatic carbocycles. The molecule has 16 heteroatoms. The number of Topliss-reactive ketones (excluding diaryl/α,β-unsaturated/α-hetero) is 1. The second kappa shape index (κ2) is 17.3. The van der Waals surface area contributed by atoms with Crippen molar-refractivity contribution in [3.8, 4) is 0 Å². The third kappa shape index (κ3) is 7.25. The molecule has 12 bridgehead atoms. The van der Waals surface area contributed by atoms with Crippen LogP contribution < -0.4 is 16.0 Å². The van der Waals surface area contributed by atoms with Gasteiger partial charge in [0.2, 0.25) is 0 Å². The third-order valence-electron chi connectivity index (χ3n) is 12.2. The van der Waals surface area contributed by atoms with Gasteiger partial charge in [-0.15, -0.1) is 0 Å². The van der Waals surface area contributed by atoms with E-state index in [1.807, 2.05) is 39.0 Å². The average molecular weight is 1040 g/mol. The van der Waals surface area contributed by atoms with Crippen LogP contribution in [0.5, 0.6) is 0 Å². The van der Waals surface area contributed by atoms with Crippen LogP contribution in [-0.4, -0.2) is 116 Å². The first-order valence-corrected chi connectivity index (χ1v) is 23.8. The molecule has 15 nitrogen and oxygen atoms in total. The van der Waals surface area contributed by atoms with Crippen molar-refractivity contribution < 1.29 is 34.1 Å². The van der Waals surface area contributed by atoms with E-state index in [9.17, 15) is 29.4 Å². The van der Waals surface area contributed by atoms with Crippen LogP contribution in [-0.2, 0) is 33.6 Å². The van der Waals surface area contributed by atoms with Crippen LogP contribution in [0.15, 0.2) is 42.6 Å². The van der Waals surface area contributed by atoms with E-state index in [0.29, 0.717) is 65.6 Å². The molecule has 7 aromatic rings. The van der Waals surface area contributed by atoms with Crippen molar-refractivity contribution in [3.63, 3.8) is 0 Å². The number of pyridine rings is 1. The van der Waals surface area contributed by atoms with Gasteiger partial charge < -0.3 is 5.32 Å². The summed E-state index contributed by atoms with van der Waals surface area (Å²) in [5.41, 5.74) is 13.3. The molecule has 1 atom stereocenters. The molecule has 2 aliphatic rings. The number of carbonyl (C=O) groups is 4. The van der Waals surface area contributed by atoms with Crippen LogP contribution in [0.25, 0.3) is 44.1 Å². The summed E-state index contributed by atoms with van der Waals surface area (Å²) in [6.07, 6.45) is 2.20. The summed E-state index contributed by atoms with van der Waals surface area (Å²) in [7, 11) is 1.35. The number of nitrogens with zero attached hydrogens (tertiary/aromatic N) is 5. The van der Waals surface area contributed by atoms with Crippen molar-refractivity contribution in [3.05, 3.63) is 92.7 Å². The number of ketones is 1. The fourth-order valence-corrected chi connectivity index (χ4v) is 13.9. The summed E-state index contributed by atoms with van der Waals surface area (Å²) in [5.74, 6) is -0.372. The number of ether oxygens (including phenoxy) is 1. The monoisotopic (exact) mass is 1040 g/mol. The van der Waals surface area contributed by atoms with Crippen LogP contribution in [0.1, 0.15) is 86.3 Å². The number of aliphatic hydroxyl groups excluding tert-OH is 2. The van der Waals surface area contributed by atoms with Gasteiger partial charge in [-0.05, 0) is 12.1 Å². The molecule has 0 fully saturated rings. The molecule has 324 valence electrons. The number of rotatable bonds is 16. The zero-order chi connectivity index (χ0) is 44.1. The fraction of sp³-hybridized carbons (Fsp3) is 0.370. The number of carbonyl (C=O) groups excluding carboxylic acids is 4. The first kappa shape index (κ1) is 43.1. The van der Waals surface area contributed by atoms with Crippen molar-refractivity contribution in [2.75, 3.05) is 38.7 Å². The predicted octanol–water partition coefficient (Wildman–Crippen LogP) is 4.80. The van der Waals surface area contributed by atoms with Gasteiger partial charge in [-0.1, -0.05) is 6.07 Å². The normalized spacial score (nSPS) is 12.7. The van der Waals surface area contributed by atoms with Crippen molar-refractivity contribution in [2.45, 2.75) is 79.8 Å². The van der Waals surface area contributed by atoms with Gasteiger partial charge in [-0.2, -0.15) is 0 Å². The fourth-order valence-electron chi connectivity index (χ4n) is 9.15. The number of anilines is 1. The molecule has 0 aromatic carbocycles. The number of aryl methyl sites for hydroxylation is 6. The van der Waals surface area contributed by atoms with Crippen LogP contribution in [0.4, 0.5) is 5.82 Å². The Morgan fingerprint density at radius 3 is 2.19 bits per heavy atom. The Kier molecular flexibility index (Phi) is 12.0. The minimum absolute atomic E-state index is 0.0525. The van der Waals surface area contributed by atoms with Crippen LogP contribution in [0.2, 0.25) is 0 Å². The molecule has 0 saturated heterocycles. The molecular weight excluding hydrogens is 986 g/mol. The van der Waals surface area contributed by atoms with Crippen molar-refractivity contribution in [1.29, 1.82) is 0 Å². The average Bonchev–Trinajstić information content (AvgIpc) is 3.88. The molecule has 1 unspecified atom stereocenters. The van der Waals surface area contributed by atoms with Crippen LogP contribution >= 0.6 is 0 Å². The van der Waals surface area contributed by atoms with Gasteiger partial charge in [0.05, 0.1) is 0 Å². The van der Waals surface area contributed by atoms with E-state index < -0.39 is 48.7 Å². The summed E-state index contributed by atoms with van der Waals surface area (Å²) in [6, 6.07) is 12.1. The van der Waals surface area contributed by atoms with Gasteiger partial charge >= 0.3 is 332 Å². The molecule has 7 aromatic heterocycles. The summed E-state index contributed by atoms with van der Waals surface area (Å²) < 4.78 is 14.3. The number of methoxy groups -OCH3 is 1. The molecule has 0 spiro atoms. The maximum atomic E-state index is 14.7. The zero-order valence-electron chi connectivity index (χ0n) is 36.1. The van der Waals surface area contributed by atoms with Gasteiger partial charge in [0.15, 0.2) is 0 Å². The van der Waals surface area contributed by atoms with Gasteiger partial charge in [0.25, 0.3) is 0 Å². The minimum atomic E-state index is -2.11. The number of nitrogens with one attached hydrogen (secondary N) is 3. The number of hydrogen-bond donors (Lipinski definition) is 5. The van der Waals surface area contributed by atoms with Crippen molar-refractivity contribution >= 4 is 97.7 Å². The third-order valence-corrected chi connectivity index (χ3v) is 16.5. The predicted molar refractivity (Wildman–Crippen MR) is 240 cm³/mol. The Hall–Kier alpha value is -5.55. The summed E-state index contributed by atoms with van der Waals surface area (Å²) >= 11 is -2.11. The maximum absolute atomic E-state index is 14.7. The van der Waals surface area contributed by atoms with E-state index in [1.165, 1.54) is 7.11 Å². The van der Waals surface area contributed by atoms with Gasteiger partial charge in [-0.25, -0.2) is 4.98 Å². The van der Waals surface area contributed by atoms with E-state index in [1.54, 1.807) is 13.1 Å². The molecule has 2 amide bonds. The second-order valence-electron chi connectivity index (χ2n) is 16.0. The Labute approximate surface area is 370 Å². The molecular formula is C46H52N8O7Po. The number of aromatic nitrogens is 5. The van der Waals surface area contributed by atoms with E-state index in [4.69, 9.17) is 4.74 Å². The Balaban J connectivity index is 1.46. The van der Waals surface area contributed by atoms with E-state index in [0.717, 1.165) is 66.7 Å². The van der Waals surface area contributed by atoms with Gasteiger partial charge in [-0.3, -0.25) is 0 Å². The number of aliphatic hydroxyl groups is 2. The Bertz CT molecular complexity index is 3010. The summed E-state index contributed by atoms with van der Waals surface area (Å²) in [4.78, 5) is 60.2. The van der Waals surface area contributed by atoms with Gasteiger partial charge in [0.1, 0.15) is 5.82 Å². The Morgan fingerprint density at radius 2 is 1.50 bits per heavy atom. The molecule has 62 heavy (non-hydrogen) atoms. The SMILES string of the molecule is CCc1c(C)c2cc3c(C(C)=O)c(C)c4cc5c(C)c(CCC(=O)NCCCNc6ccccn6)c6c(CC(=O)OC)c7c(C(=O)NCC(O)CO)c(C)c(cc1n2n56)[n]7[Po][n]43. The quantitative estimate of drug-likeness (QED) is 0.0516. The van der Waals surface area contributed by atoms with Crippen LogP contribution in [0.3, 0.4) is 0 Å². The Morgan fingerprint density at radius 1 is 0.806 bits per heavy atom. The van der Waals surface area contributed by atoms with Crippen LogP contribution in [0, 0.1) is 27.7 Å². The number of esters is 1. The van der Waals surface area contributed by atoms with Crippen molar-refractivity contribution in [2.24, 2.45) is 0 Å². The van der Waals surface area contributed by atoms with E-state index in [2.05, 4.69) is 66.9 Å². The molecule has 9 heterocycles. The molecule has 2 aliphatic heterocycles. The number of amides is 2. The van der Waals surface area contributed by atoms with E-state index >= 15 is 0 Å². The zero-order valence-corrected chi connectivity index (χ0v) is 39.2. The second-order valence-corrected chi connectivity index (χ2v) is 19.4. The molecule has 9 rings (SSSR count). The topological polar surface area (TPSA) is 186 Å². The summed E-state index contributed by atoms with van der Waals surface area (Å²) in [6.45, 7) is 12.1. The number of hydrogen-bond acceptors (Lipinski definition) is 9. The van der Waals surface area contributed by atoms with Gasteiger partial charge in [0, 0.05) is 6.20 Å². The molecule has 0 radical (unpaired) electrons. The molecule has 0 saturated carbocycles. The molecule has 5 N–H and O–H groups in total.